The van der Waals surface area contributed by atoms with Crippen molar-refractivity contribution >= 4 is 37.6 Å². The van der Waals surface area contributed by atoms with Gasteiger partial charge in [-0.3, -0.25) is 14.5 Å². The number of rotatable bonds is 8. The molecule has 10 heteroatoms. The van der Waals surface area contributed by atoms with E-state index in [1.54, 1.807) is 17.0 Å². The SMILES string of the molecule is CC(C)(C)[Si](OCC1=C2B(O)O[C@H](c3ccc(CO)o3)C[C@H]2[C@H]2C(=O)N(C3CCCCC3)C(=O)[C@H]2C1)(c1ccccc1)c1ccccc1. The van der Waals surface area contributed by atoms with Crippen LogP contribution in [0.15, 0.2) is 88.3 Å². The molecular weight excluding hydrogens is 621 g/mol. The van der Waals surface area contributed by atoms with Gasteiger partial charge < -0.3 is 23.6 Å². The molecule has 2 amide bonds. The lowest BCUT2D eigenvalue weighted by Crippen LogP contribution is -2.66. The monoisotopic (exact) mass is 667 g/mol. The third-order valence-corrected chi connectivity index (χ3v) is 16.2. The Morgan fingerprint density at radius 3 is 2.12 bits per heavy atom. The van der Waals surface area contributed by atoms with E-state index >= 15 is 0 Å². The number of hydrogen-bond acceptors (Lipinski definition) is 7. The molecule has 2 aromatic carbocycles. The highest BCUT2D eigenvalue weighted by Crippen LogP contribution is 2.52. The summed E-state index contributed by atoms with van der Waals surface area (Å²) in [5, 5.41) is 23.4. The van der Waals surface area contributed by atoms with Gasteiger partial charge in [0.05, 0.1) is 18.4 Å². The van der Waals surface area contributed by atoms with Gasteiger partial charge in [-0.25, -0.2) is 0 Å². The van der Waals surface area contributed by atoms with Gasteiger partial charge in [0.25, 0.3) is 8.32 Å². The lowest BCUT2D eigenvalue weighted by Gasteiger charge is -2.45. The van der Waals surface area contributed by atoms with Crippen LogP contribution in [0.2, 0.25) is 5.04 Å². The predicted molar refractivity (Wildman–Crippen MR) is 185 cm³/mol. The highest BCUT2D eigenvalue weighted by atomic mass is 28.4. The fourth-order valence-corrected chi connectivity index (χ4v) is 13.6. The standard InChI is InChI=1S/C38H46BNO7Si/c1-38(2,3)48(28-15-9-5-10-16-28,29-17-11-6-12-18-29)45-24-25-21-31-34(37(43)40(36(31)42)26-13-7-4-8-14-26)30-22-33(47-39(44)35(25)30)32-20-19-27(23-41)46-32/h5-6,9-12,15-20,26,30-31,33-34,41,44H,4,7-8,13-14,21-24H2,1-3H3/t30-,31-,33-,34+/m0/s1. The van der Waals surface area contributed by atoms with Crippen molar-refractivity contribution in [1.82, 2.24) is 4.90 Å². The first-order chi connectivity index (χ1) is 23.1. The molecule has 0 bridgehead atoms. The van der Waals surface area contributed by atoms with Gasteiger partial charge >= 0.3 is 7.12 Å². The molecule has 0 spiro atoms. The summed E-state index contributed by atoms with van der Waals surface area (Å²) in [5.41, 5.74) is 1.52. The Hall–Kier alpha value is -3.28. The number of furan rings is 1. The molecule has 7 rings (SSSR count). The van der Waals surface area contributed by atoms with E-state index < -0.39 is 39.3 Å². The Morgan fingerprint density at radius 1 is 0.896 bits per heavy atom. The maximum atomic E-state index is 14.3. The first kappa shape index (κ1) is 33.2. The molecule has 8 nitrogen and oxygen atoms in total. The largest absolute Gasteiger partial charge is 0.487 e. The highest BCUT2D eigenvalue weighted by molar-refractivity contribution is 6.99. The Labute approximate surface area is 284 Å². The molecule has 4 atom stereocenters. The molecule has 252 valence electrons. The van der Waals surface area contributed by atoms with Gasteiger partial charge in [-0.2, -0.15) is 0 Å². The van der Waals surface area contributed by atoms with E-state index in [1.807, 2.05) is 12.1 Å². The Kier molecular flexibility index (Phi) is 9.15. The van der Waals surface area contributed by atoms with E-state index in [-0.39, 0.29) is 36.1 Å². The number of allylic oxidation sites excluding steroid dienone is 1. The summed E-state index contributed by atoms with van der Waals surface area (Å²) in [5.74, 6) is -0.804. The van der Waals surface area contributed by atoms with Crippen molar-refractivity contribution in [3.8, 4) is 0 Å². The van der Waals surface area contributed by atoms with Gasteiger partial charge in [-0.15, -0.1) is 0 Å². The number of amides is 2. The van der Waals surface area contributed by atoms with Crippen LogP contribution in [0, 0.1) is 17.8 Å². The van der Waals surface area contributed by atoms with Gasteiger partial charge in [0.1, 0.15) is 24.2 Å². The number of hydrogen-bond donors (Lipinski definition) is 2. The maximum absolute atomic E-state index is 14.3. The number of aliphatic hydroxyl groups excluding tert-OH is 1. The number of aliphatic hydroxyl groups is 1. The normalized spacial score (nSPS) is 25.4. The maximum Gasteiger partial charge on any atom is 0.487 e. The fraction of sp³-hybridized carbons (Fsp3) is 0.474. The Balaban J connectivity index is 1.30. The second-order valence-corrected chi connectivity index (χ2v) is 19.3. The minimum Gasteiger partial charge on any atom is -0.461 e. The fourth-order valence-electron chi connectivity index (χ4n) is 9.06. The van der Waals surface area contributed by atoms with E-state index in [4.69, 9.17) is 13.5 Å². The van der Waals surface area contributed by atoms with E-state index in [2.05, 4.69) is 69.3 Å². The van der Waals surface area contributed by atoms with E-state index in [9.17, 15) is 19.7 Å². The summed E-state index contributed by atoms with van der Waals surface area (Å²) in [6.45, 7) is 6.65. The van der Waals surface area contributed by atoms with Crippen LogP contribution in [0.25, 0.3) is 0 Å². The molecule has 1 aromatic heterocycles. The van der Waals surface area contributed by atoms with Crippen LogP contribution in [-0.4, -0.2) is 54.9 Å². The summed E-state index contributed by atoms with van der Waals surface area (Å²) in [6.07, 6.45) is 4.95. The molecule has 3 heterocycles. The number of carbonyl (C=O) groups is 2. The van der Waals surface area contributed by atoms with E-state index in [1.165, 1.54) is 0 Å². The van der Waals surface area contributed by atoms with Crippen LogP contribution in [0.4, 0.5) is 0 Å². The topological polar surface area (TPSA) is 109 Å². The zero-order valence-electron chi connectivity index (χ0n) is 28.1. The van der Waals surface area contributed by atoms with Gasteiger partial charge in [-0.05, 0) is 70.2 Å². The Bertz CT molecular complexity index is 1620. The van der Waals surface area contributed by atoms with Crippen molar-refractivity contribution in [1.29, 1.82) is 0 Å². The molecular formula is C38H46BNO7Si. The molecule has 4 aliphatic rings. The zero-order valence-corrected chi connectivity index (χ0v) is 29.1. The third-order valence-electron chi connectivity index (χ3n) is 11.2. The van der Waals surface area contributed by atoms with Crippen molar-refractivity contribution in [2.24, 2.45) is 17.8 Å². The molecule has 2 aliphatic heterocycles. The number of nitrogens with zero attached hydrogens (tertiary/aromatic N) is 1. The molecule has 3 aromatic rings. The Morgan fingerprint density at radius 2 is 1.54 bits per heavy atom. The molecule has 0 radical (unpaired) electrons. The van der Waals surface area contributed by atoms with Gasteiger partial charge in [0.15, 0.2) is 0 Å². The number of fused-ring (bicyclic) bond motifs is 3. The zero-order chi connectivity index (χ0) is 33.6. The van der Waals surface area contributed by atoms with Crippen LogP contribution in [0.5, 0.6) is 0 Å². The van der Waals surface area contributed by atoms with Crippen molar-refractivity contribution < 1.29 is 33.2 Å². The van der Waals surface area contributed by atoms with Gasteiger partial charge in [-0.1, -0.05) is 101 Å². The first-order valence-electron chi connectivity index (χ1n) is 17.5. The van der Waals surface area contributed by atoms with Crippen LogP contribution in [-0.2, 0) is 25.3 Å². The average Bonchev–Trinajstić information content (AvgIpc) is 3.68. The van der Waals surface area contributed by atoms with Gasteiger partial charge in [0.2, 0.25) is 11.8 Å². The molecule has 1 saturated carbocycles. The third kappa shape index (κ3) is 5.65. The molecule has 0 unspecified atom stereocenters. The van der Waals surface area contributed by atoms with Crippen molar-refractivity contribution in [3.63, 3.8) is 0 Å². The minimum absolute atomic E-state index is 0.0673. The quantitative estimate of drug-likeness (QED) is 0.255. The van der Waals surface area contributed by atoms with Crippen molar-refractivity contribution in [3.05, 3.63) is 95.4 Å². The van der Waals surface area contributed by atoms with Crippen LogP contribution in [0.1, 0.15) is 83.3 Å². The summed E-state index contributed by atoms with van der Waals surface area (Å²) in [6, 6.07) is 24.2. The predicted octanol–water partition coefficient (Wildman–Crippen LogP) is 5.08. The summed E-state index contributed by atoms with van der Waals surface area (Å²) in [7, 11) is -4.23. The van der Waals surface area contributed by atoms with Crippen LogP contribution in [0.3, 0.4) is 0 Å². The summed E-state index contributed by atoms with van der Waals surface area (Å²) < 4.78 is 19.4. The number of benzene rings is 2. The van der Waals surface area contributed by atoms with Crippen molar-refractivity contribution in [2.45, 2.75) is 89.5 Å². The average molecular weight is 668 g/mol. The van der Waals surface area contributed by atoms with E-state index in [0.29, 0.717) is 29.8 Å². The molecule has 2 aliphatic carbocycles. The van der Waals surface area contributed by atoms with Crippen LogP contribution < -0.4 is 10.4 Å². The number of carbonyl (C=O) groups excluding carboxylic acids is 2. The van der Waals surface area contributed by atoms with Crippen molar-refractivity contribution in [2.75, 3.05) is 6.61 Å². The number of imide groups is 1. The van der Waals surface area contributed by atoms with E-state index in [0.717, 1.165) is 48.1 Å². The smallest absolute Gasteiger partial charge is 0.461 e. The summed E-state index contributed by atoms with van der Waals surface area (Å²) >= 11 is 0. The summed E-state index contributed by atoms with van der Waals surface area (Å²) in [4.78, 5) is 30.2. The minimum atomic E-state index is -2.94. The molecule has 48 heavy (non-hydrogen) atoms. The lowest BCUT2D eigenvalue weighted by molar-refractivity contribution is -0.143. The molecule has 2 N–H and O–H groups in total. The number of likely N-dealkylation sites (tertiary alicyclic amines) is 1. The first-order valence-corrected chi connectivity index (χ1v) is 19.4. The lowest BCUT2D eigenvalue weighted by atomic mass is 9.55. The second kappa shape index (κ2) is 13.2. The molecule has 2 saturated heterocycles. The highest BCUT2D eigenvalue weighted by Gasteiger charge is 2.59. The van der Waals surface area contributed by atoms with Crippen LogP contribution >= 0.6 is 0 Å². The second-order valence-electron chi connectivity index (χ2n) is 15.0. The molecule has 3 fully saturated rings. The van der Waals surface area contributed by atoms with Gasteiger partial charge in [0, 0.05) is 6.04 Å².